The van der Waals surface area contributed by atoms with Gasteiger partial charge in [0.25, 0.3) is 5.56 Å². The van der Waals surface area contributed by atoms with Crippen LogP contribution in [0.3, 0.4) is 0 Å². The fraction of sp³-hybridized carbons (Fsp3) is 0.261. The number of nitrogens with zero attached hydrogens (tertiary/aromatic N) is 2. The van der Waals surface area contributed by atoms with Crippen LogP contribution in [-0.2, 0) is 11.3 Å². The molecule has 0 atom stereocenters. The van der Waals surface area contributed by atoms with Gasteiger partial charge in [-0.1, -0.05) is 18.2 Å². The highest BCUT2D eigenvalue weighted by Gasteiger charge is 2.18. The molecule has 0 saturated heterocycles. The maximum atomic E-state index is 13.3. The van der Waals surface area contributed by atoms with Gasteiger partial charge in [0.2, 0.25) is 5.76 Å². The van der Waals surface area contributed by atoms with E-state index in [1.807, 2.05) is 13.0 Å². The summed E-state index contributed by atoms with van der Waals surface area (Å²) in [6.45, 7) is 8.34. The first kappa shape index (κ1) is 20.1. The van der Waals surface area contributed by atoms with Crippen LogP contribution in [0.1, 0.15) is 39.2 Å². The molecule has 0 radical (unpaired) electrons. The van der Waals surface area contributed by atoms with Gasteiger partial charge in [0, 0.05) is 10.4 Å². The molecule has 0 aliphatic heterocycles. The number of hydrogen-bond donors (Lipinski definition) is 0. The molecule has 6 nitrogen and oxygen atoms in total. The monoisotopic (exact) mass is 422 g/mol. The lowest BCUT2D eigenvalue weighted by molar-refractivity contribution is 0.0488. The molecular formula is C23H22N2O4S. The van der Waals surface area contributed by atoms with E-state index in [2.05, 4.69) is 31.0 Å². The summed E-state index contributed by atoms with van der Waals surface area (Å²) in [5.41, 5.74) is 4.20. The third kappa shape index (κ3) is 3.57. The molecule has 0 saturated carbocycles. The number of aromatic nitrogens is 2. The van der Waals surface area contributed by atoms with Crippen LogP contribution in [0, 0.1) is 20.8 Å². The molecule has 154 valence electrons. The van der Waals surface area contributed by atoms with Gasteiger partial charge in [-0.2, -0.15) is 0 Å². The van der Waals surface area contributed by atoms with Gasteiger partial charge in [-0.05, 0) is 56.5 Å². The SMILES string of the molecule is CCOC(=O)c1ccc(Cn2cnc3sc(C)c(-c4ccc(C)c(C)c4)c3c2=O)o1. The Balaban J connectivity index is 1.76. The first-order chi connectivity index (χ1) is 14.4. The van der Waals surface area contributed by atoms with Crippen molar-refractivity contribution in [3.63, 3.8) is 0 Å². The normalized spacial score (nSPS) is 11.2. The van der Waals surface area contributed by atoms with Crippen molar-refractivity contribution in [1.82, 2.24) is 9.55 Å². The Bertz CT molecular complexity index is 1310. The summed E-state index contributed by atoms with van der Waals surface area (Å²) in [4.78, 5) is 31.4. The number of aryl methyl sites for hydroxylation is 3. The van der Waals surface area contributed by atoms with E-state index in [9.17, 15) is 9.59 Å². The van der Waals surface area contributed by atoms with Crippen LogP contribution in [0.15, 0.2) is 45.9 Å². The molecule has 0 aliphatic carbocycles. The number of carbonyl (C=O) groups is 1. The zero-order chi connectivity index (χ0) is 21.4. The predicted octanol–water partition coefficient (Wildman–Crippen LogP) is 4.87. The zero-order valence-corrected chi connectivity index (χ0v) is 18.1. The van der Waals surface area contributed by atoms with Gasteiger partial charge < -0.3 is 9.15 Å². The van der Waals surface area contributed by atoms with Gasteiger partial charge in [0.15, 0.2) is 0 Å². The van der Waals surface area contributed by atoms with E-state index < -0.39 is 5.97 Å². The minimum absolute atomic E-state index is 0.121. The van der Waals surface area contributed by atoms with E-state index in [4.69, 9.17) is 9.15 Å². The summed E-state index contributed by atoms with van der Waals surface area (Å²) in [6.07, 6.45) is 1.53. The summed E-state index contributed by atoms with van der Waals surface area (Å²) in [5, 5.41) is 0.612. The van der Waals surface area contributed by atoms with Crippen LogP contribution in [0.4, 0.5) is 0 Å². The second-order valence-corrected chi connectivity index (χ2v) is 8.38. The minimum Gasteiger partial charge on any atom is -0.460 e. The number of fused-ring (bicyclic) bond motifs is 1. The average molecular weight is 423 g/mol. The van der Waals surface area contributed by atoms with Crippen molar-refractivity contribution in [1.29, 1.82) is 0 Å². The Morgan fingerprint density at radius 3 is 2.70 bits per heavy atom. The van der Waals surface area contributed by atoms with Crippen molar-refractivity contribution in [2.24, 2.45) is 0 Å². The molecule has 0 spiro atoms. The van der Waals surface area contributed by atoms with E-state index in [0.29, 0.717) is 16.0 Å². The lowest BCUT2D eigenvalue weighted by Gasteiger charge is -2.07. The van der Waals surface area contributed by atoms with E-state index in [1.165, 1.54) is 33.4 Å². The summed E-state index contributed by atoms with van der Waals surface area (Å²) >= 11 is 1.52. The van der Waals surface area contributed by atoms with Crippen LogP contribution >= 0.6 is 11.3 Å². The summed E-state index contributed by atoms with van der Waals surface area (Å²) in [5.74, 6) is 0.0901. The first-order valence-electron chi connectivity index (χ1n) is 9.71. The molecule has 30 heavy (non-hydrogen) atoms. The Morgan fingerprint density at radius 2 is 1.97 bits per heavy atom. The number of ether oxygens (including phenoxy) is 1. The molecular weight excluding hydrogens is 400 g/mol. The molecule has 0 aliphatic rings. The third-order valence-corrected chi connectivity index (χ3v) is 6.13. The van der Waals surface area contributed by atoms with Crippen molar-refractivity contribution in [3.05, 3.63) is 74.5 Å². The van der Waals surface area contributed by atoms with Crippen molar-refractivity contribution >= 4 is 27.5 Å². The Morgan fingerprint density at radius 1 is 1.17 bits per heavy atom. The van der Waals surface area contributed by atoms with Crippen molar-refractivity contribution in [3.8, 4) is 11.1 Å². The largest absolute Gasteiger partial charge is 0.460 e. The number of benzene rings is 1. The van der Waals surface area contributed by atoms with Crippen molar-refractivity contribution in [2.45, 2.75) is 34.2 Å². The third-order valence-electron chi connectivity index (χ3n) is 5.11. The molecule has 0 fully saturated rings. The molecule has 4 aromatic rings. The van der Waals surface area contributed by atoms with Crippen LogP contribution in [-0.4, -0.2) is 22.1 Å². The molecule has 0 unspecified atom stereocenters. The van der Waals surface area contributed by atoms with E-state index in [1.54, 1.807) is 19.1 Å². The number of esters is 1. The van der Waals surface area contributed by atoms with Gasteiger partial charge in [-0.15, -0.1) is 11.3 Å². The highest BCUT2D eigenvalue weighted by Crippen LogP contribution is 2.36. The highest BCUT2D eigenvalue weighted by atomic mass is 32.1. The van der Waals surface area contributed by atoms with E-state index in [0.717, 1.165) is 16.0 Å². The fourth-order valence-electron chi connectivity index (χ4n) is 3.44. The smallest absolute Gasteiger partial charge is 0.374 e. The Kier molecular flexibility index (Phi) is 5.30. The van der Waals surface area contributed by atoms with Crippen molar-refractivity contribution in [2.75, 3.05) is 6.61 Å². The van der Waals surface area contributed by atoms with Gasteiger partial charge in [-0.3, -0.25) is 9.36 Å². The van der Waals surface area contributed by atoms with Gasteiger partial charge in [-0.25, -0.2) is 9.78 Å². The predicted molar refractivity (Wildman–Crippen MR) is 117 cm³/mol. The number of rotatable bonds is 5. The van der Waals surface area contributed by atoms with Gasteiger partial charge >= 0.3 is 5.97 Å². The summed E-state index contributed by atoms with van der Waals surface area (Å²) in [6, 6.07) is 9.46. The van der Waals surface area contributed by atoms with Crippen LogP contribution in [0.25, 0.3) is 21.3 Å². The maximum absolute atomic E-state index is 13.3. The van der Waals surface area contributed by atoms with Gasteiger partial charge in [0.1, 0.15) is 10.6 Å². The standard InChI is InChI=1S/C23H22N2O4S/c1-5-28-23(27)18-9-8-17(29-18)11-25-12-24-21-20(22(25)26)19(15(4)30-21)16-7-6-13(2)14(3)10-16/h6-10,12H,5,11H2,1-4H3. The molecule has 7 heteroatoms. The van der Waals surface area contributed by atoms with E-state index in [-0.39, 0.29) is 24.5 Å². The van der Waals surface area contributed by atoms with E-state index >= 15 is 0 Å². The van der Waals surface area contributed by atoms with Crippen LogP contribution in [0.5, 0.6) is 0 Å². The summed E-state index contributed by atoms with van der Waals surface area (Å²) in [7, 11) is 0. The first-order valence-corrected chi connectivity index (χ1v) is 10.5. The lowest BCUT2D eigenvalue weighted by atomic mass is 9.99. The minimum atomic E-state index is -0.518. The Hall–Kier alpha value is -3.19. The molecule has 0 N–H and O–H groups in total. The van der Waals surface area contributed by atoms with Crippen LogP contribution < -0.4 is 5.56 Å². The zero-order valence-electron chi connectivity index (χ0n) is 17.3. The molecule has 4 rings (SSSR count). The molecule has 1 aromatic carbocycles. The lowest BCUT2D eigenvalue weighted by Crippen LogP contribution is -2.20. The number of carbonyl (C=O) groups excluding carboxylic acids is 1. The molecule has 0 amide bonds. The van der Waals surface area contributed by atoms with Gasteiger partial charge in [0.05, 0.1) is 24.9 Å². The number of thiophene rings is 1. The Labute approximate surface area is 177 Å². The second-order valence-electron chi connectivity index (χ2n) is 7.18. The maximum Gasteiger partial charge on any atom is 0.374 e. The highest BCUT2D eigenvalue weighted by molar-refractivity contribution is 7.19. The van der Waals surface area contributed by atoms with Crippen LogP contribution in [0.2, 0.25) is 0 Å². The molecule has 3 heterocycles. The molecule has 3 aromatic heterocycles. The average Bonchev–Trinajstić information content (AvgIpc) is 3.31. The molecule has 0 bridgehead atoms. The summed E-state index contributed by atoms with van der Waals surface area (Å²) < 4.78 is 12.0. The number of furan rings is 1. The fourth-order valence-corrected chi connectivity index (χ4v) is 4.44. The quantitative estimate of drug-likeness (QED) is 0.429. The topological polar surface area (TPSA) is 74.3 Å². The van der Waals surface area contributed by atoms with Crippen molar-refractivity contribution < 1.29 is 13.9 Å². The number of hydrogen-bond acceptors (Lipinski definition) is 6. The second kappa shape index (κ2) is 7.91.